The number of carbonyl (C=O) groups excluding carboxylic acids is 4. The third-order valence-electron chi connectivity index (χ3n) is 7.63. The second kappa shape index (κ2) is 15.2. The number of halogens is 1. The van der Waals surface area contributed by atoms with Crippen molar-refractivity contribution in [1.29, 1.82) is 0 Å². The van der Waals surface area contributed by atoms with Gasteiger partial charge in [0.05, 0.1) is 12.5 Å². The molecule has 2 aromatic carbocycles. The molecule has 0 radical (unpaired) electrons. The van der Waals surface area contributed by atoms with Crippen LogP contribution >= 0.6 is 0 Å². The molecule has 6 rings (SSSR count). The van der Waals surface area contributed by atoms with Crippen molar-refractivity contribution in [1.82, 2.24) is 31.0 Å². The highest BCUT2D eigenvalue weighted by molar-refractivity contribution is 6.02. The topological polar surface area (TPSA) is 165 Å². The van der Waals surface area contributed by atoms with Crippen LogP contribution in [0.2, 0.25) is 0 Å². The lowest BCUT2D eigenvalue weighted by Crippen LogP contribution is -2.46. The Bertz CT molecular complexity index is 1780. The van der Waals surface area contributed by atoms with Crippen molar-refractivity contribution in [2.24, 2.45) is 0 Å². The van der Waals surface area contributed by atoms with Crippen LogP contribution in [0.25, 0.3) is 11.0 Å². The Kier molecular flexibility index (Phi) is 10.6. The summed E-state index contributed by atoms with van der Waals surface area (Å²) in [6.45, 7) is 2.43. The number of fused-ring (bicyclic) bond motifs is 17. The van der Waals surface area contributed by atoms with Crippen molar-refractivity contribution in [3.8, 4) is 17.2 Å². The van der Waals surface area contributed by atoms with E-state index in [2.05, 4.69) is 26.1 Å². The molecule has 0 aliphatic carbocycles. The van der Waals surface area contributed by atoms with Crippen LogP contribution in [-0.2, 0) is 16.1 Å². The predicted octanol–water partition coefficient (Wildman–Crippen LogP) is 3.73. The van der Waals surface area contributed by atoms with Gasteiger partial charge in [0.2, 0.25) is 23.2 Å². The molecule has 3 N–H and O–H groups in total. The maximum atomic E-state index is 15.0. The number of ether oxygens (including phenoxy) is 2. The summed E-state index contributed by atoms with van der Waals surface area (Å²) in [5.74, 6) is -1.95. The SMILES string of the molecule is CC[C@@H]1NC(=O)CCCN(C(=O)c2onc3ncccc23)CCCNC(=O)c2ccc(OC)c(c2)Oc2ccc(cc2F)CNC1=O. The molecule has 14 heteroatoms. The van der Waals surface area contributed by atoms with E-state index in [0.717, 1.165) is 0 Å². The van der Waals surface area contributed by atoms with Gasteiger partial charge < -0.3 is 34.8 Å². The predicted molar refractivity (Wildman–Crippen MR) is 167 cm³/mol. The van der Waals surface area contributed by atoms with Crippen LogP contribution in [0.1, 0.15) is 59.1 Å². The fourth-order valence-corrected chi connectivity index (χ4v) is 5.09. The first kappa shape index (κ1) is 32.9. The molecule has 1 atom stereocenters. The summed E-state index contributed by atoms with van der Waals surface area (Å²) in [6, 6.07) is 11.4. The molecule has 4 amide bonds. The van der Waals surface area contributed by atoms with Crippen LogP contribution in [0.5, 0.6) is 17.2 Å². The number of hydrogen-bond acceptors (Lipinski definition) is 9. The van der Waals surface area contributed by atoms with E-state index in [9.17, 15) is 19.2 Å². The van der Waals surface area contributed by atoms with Gasteiger partial charge in [-0.25, -0.2) is 9.37 Å². The molecule has 0 unspecified atom stereocenters. The molecular weight excluding hydrogens is 611 g/mol. The zero-order valence-electron chi connectivity index (χ0n) is 26.0. The van der Waals surface area contributed by atoms with Crippen molar-refractivity contribution < 1.29 is 37.6 Å². The first-order chi connectivity index (χ1) is 22.8. The zero-order valence-corrected chi connectivity index (χ0v) is 26.0. The van der Waals surface area contributed by atoms with Crippen LogP contribution in [0, 0.1) is 5.82 Å². The largest absolute Gasteiger partial charge is 0.493 e. The molecule has 47 heavy (non-hydrogen) atoms. The minimum atomic E-state index is -0.800. The average molecular weight is 647 g/mol. The summed E-state index contributed by atoms with van der Waals surface area (Å²) < 4.78 is 31.5. The average Bonchev–Trinajstić information content (AvgIpc) is 3.51. The van der Waals surface area contributed by atoms with E-state index in [1.165, 1.54) is 30.2 Å². The molecule has 0 saturated heterocycles. The van der Waals surface area contributed by atoms with Gasteiger partial charge in [-0.3, -0.25) is 19.2 Å². The summed E-state index contributed by atoms with van der Waals surface area (Å²) in [5.41, 5.74) is 1.02. The van der Waals surface area contributed by atoms with Crippen LogP contribution < -0.4 is 25.4 Å². The molecule has 246 valence electrons. The highest BCUT2D eigenvalue weighted by Crippen LogP contribution is 2.34. The number of nitrogens with one attached hydrogen (secondary N) is 3. The highest BCUT2D eigenvalue weighted by atomic mass is 19.1. The van der Waals surface area contributed by atoms with Crippen molar-refractivity contribution in [2.45, 2.75) is 45.2 Å². The van der Waals surface area contributed by atoms with Gasteiger partial charge in [-0.1, -0.05) is 18.1 Å². The van der Waals surface area contributed by atoms with Gasteiger partial charge in [0.15, 0.2) is 23.1 Å². The number of carbonyl (C=O) groups is 4. The Morgan fingerprint density at radius 3 is 2.68 bits per heavy atom. The molecule has 0 fully saturated rings. The van der Waals surface area contributed by atoms with Gasteiger partial charge in [-0.15, -0.1) is 0 Å². The second-order valence-electron chi connectivity index (χ2n) is 10.9. The van der Waals surface area contributed by atoms with Crippen molar-refractivity contribution in [2.75, 3.05) is 26.7 Å². The van der Waals surface area contributed by atoms with Gasteiger partial charge in [0, 0.05) is 44.4 Å². The Balaban J connectivity index is 1.38. The molecule has 0 spiro atoms. The van der Waals surface area contributed by atoms with Crippen LogP contribution in [0.3, 0.4) is 0 Å². The summed E-state index contributed by atoms with van der Waals surface area (Å²) in [7, 11) is 1.43. The normalized spacial score (nSPS) is 17.0. The van der Waals surface area contributed by atoms with E-state index >= 15 is 4.39 Å². The van der Waals surface area contributed by atoms with E-state index in [-0.39, 0.29) is 61.3 Å². The third-order valence-corrected chi connectivity index (χ3v) is 7.63. The lowest BCUT2D eigenvalue weighted by atomic mass is 10.1. The van der Waals surface area contributed by atoms with Gasteiger partial charge in [0.1, 0.15) is 6.04 Å². The number of methoxy groups -OCH3 is 1. The maximum Gasteiger partial charge on any atom is 0.293 e. The lowest BCUT2D eigenvalue weighted by molar-refractivity contribution is -0.129. The molecule has 4 heterocycles. The van der Waals surface area contributed by atoms with Crippen LogP contribution in [-0.4, -0.2) is 71.5 Å². The molecule has 2 aliphatic rings. The van der Waals surface area contributed by atoms with Crippen molar-refractivity contribution in [3.63, 3.8) is 0 Å². The molecular formula is C33H35FN6O7. The van der Waals surface area contributed by atoms with Crippen LogP contribution in [0.15, 0.2) is 59.3 Å². The van der Waals surface area contributed by atoms with Crippen molar-refractivity contribution >= 4 is 34.7 Å². The molecule has 4 aromatic rings. The monoisotopic (exact) mass is 646 g/mol. The van der Waals surface area contributed by atoms with E-state index < -0.39 is 29.6 Å². The fourth-order valence-electron chi connectivity index (χ4n) is 5.09. The number of aromatic nitrogens is 2. The minimum absolute atomic E-state index is 0.0181. The minimum Gasteiger partial charge on any atom is -0.493 e. The second-order valence-corrected chi connectivity index (χ2v) is 10.9. The summed E-state index contributed by atoms with van der Waals surface area (Å²) >= 11 is 0. The Labute approximate surface area is 269 Å². The first-order valence-corrected chi connectivity index (χ1v) is 15.3. The number of benzene rings is 2. The third kappa shape index (κ3) is 8.01. The molecule has 2 aliphatic heterocycles. The lowest BCUT2D eigenvalue weighted by Gasteiger charge is -2.22. The van der Waals surface area contributed by atoms with Crippen LogP contribution in [0.4, 0.5) is 4.39 Å². The van der Waals surface area contributed by atoms with Gasteiger partial charge >= 0.3 is 0 Å². The van der Waals surface area contributed by atoms with E-state index in [1.54, 1.807) is 43.5 Å². The number of hydrogen-bond donors (Lipinski definition) is 3. The number of amides is 4. The molecule has 4 bridgehead atoms. The van der Waals surface area contributed by atoms with Gasteiger partial charge in [0.25, 0.3) is 11.8 Å². The molecule has 0 saturated carbocycles. The Morgan fingerprint density at radius 1 is 1.06 bits per heavy atom. The van der Waals surface area contributed by atoms with Gasteiger partial charge in [-0.05, 0) is 67.3 Å². The number of rotatable bonds is 3. The Hall–Kier alpha value is -5.53. The van der Waals surface area contributed by atoms with E-state index in [4.69, 9.17) is 14.0 Å². The highest BCUT2D eigenvalue weighted by Gasteiger charge is 2.24. The summed E-state index contributed by atoms with van der Waals surface area (Å²) in [6.07, 6.45) is 2.61. The molecule has 13 nitrogen and oxygen atoms in total. The van der Waals surface area contributed by atoms with Crippen molar-refractivity contribution in [3.05, 3.63) is 77.4 Å². The first-order valence-electron chi connectivity index (χ1n) is 15.3. The standard InChI is InChI=1S/C33H35FN6O7/c1-3-24-32(43)37-19-20-9-11-25(23(34)17-20)46-27-18-21(10-12-26(27)45-2)31(42)36-14-6-16-40(15-5-8-28(41)38-24)33(44)29-22-7-4-13-35-30(22)39-47-29/h4,7,9-13,17-18,24H,3,5-6,8,14-16,19H2,1-2H3,(H,36,42)(H,37,43)(H,38,41)/t24-/m0/s1. The fraction of sp³-hybridized carbons (Fsp3) is 0.333. The smallest absolute Gasteiger partial charge is 0.293 e. The number of nitrogens with zero attached hydrogens (tertiary/aromatic N) is 3. The maximum absolute atomic E-state index is 15.0. The molecule has 2 aromatic heterocycles. The van der Waals surface area contributed by atoms with E-state index in [1.807, 2.05) is 0 Å². The summed E-state index contributed by atoms with van der Waals surface area (Å²) in [5, 5.41) is 12.6. The zero-order chi connectivity index (χ0) is 33.3. The quantitative estimate of drug-likeness (QED) is 0.301. The Morgan fingerprint density at radius 2 is 1.89 bits per heavy atom. The van der Waals surface area contributed by atoms with E-state index in [0.29, 0.717) is 41.6 Å². The summed E-state index contributed by atoms with van der Waals surface area (Å²) in [4.78, 5) is 57.9. The number of pyridine rings is 1. The van der Waals surface area contributed by atoms with Gasteiger partial charge in [-0.2, -0.15) is 0 Å².